The molecule has 1 aliphatic carbocycles. The Morgan fingerprint density at radius 3 is 2.47 bits per heavy atom. The van der Waals surface area contributed by atoms with Crippen LogP contribution >= 0.6 is 0 Å². The van der Waals surface area contributed by atoms with Gasteiger partial charge in [0.1, 0.15) is 0 Å². The van der Waals surface area contributed by atoms with Gasteiger partial charge in [0.15, 0.2) is 5.83 Å². The highest BCUT2D eigenvalue weighted by molar-refractivity contribution is 5.91. The number of carboxylic acids is 2. The molecule has 6 heteroatoms. The van der Waals surface area contributed by atoms with Gasteiger partial charge in [-0.1, -0.05) is 0 Å². The summed E-state index contributed by atoms with van der Waals surface area (Å²) >= 11 is 0. The Morgan fingerprint density at radius 1 is 1.53 bits per heavy atom. The van der Waals surface area contributed by atoms with Crippen molar-refractivity contribution in [3.63, 3.8) is 0 Å². The van der Waals surface area contributed by atoms with Gasteiger partial charge in [-0.3, -0.25) is 4.79 Å². The van der Waals surface area contributed by atoms with Crippen LogP contribution in [0.25, 0.3) is 0 Å². The predicted octanol–water partition coefficient (Wildman–Crippen LogP) is 0.632. The quantitative estimate of drug-likeness (QED) is 0.627. The minimum absolute atomic E-state index is 0.413. The van der Waals surface area contributed by atoms with Gasteiger partial charge in [-0.05, 0) is 13.0 Å². The van der Waals surface area contributed by atoms with Crippen molar-refractivity contribution >= 4 is 11.9 Å². The summed E-state index contributed by atoms with van der Waals surface area (Å²) in [6.07, 6.45) is 0.612. The molecule has 0 spiro atoms. The van der Waals surface area contributed by atoms with E-state index in [9.17, 15) is 14.0 Å². The number of aliphatic carboxylic acids is 2. The van der Waals surface area contributed by atoms with E-state index in [4.69, 9.17) is 15.9 Å². The van der Waals surface area contributed by atoms with Gasteiger partial charge in [-0.15, -0.1) is 0 Å². The van der Waals surface area contributed by atoms with Crippen molar-refractivity contribution in [2.24, 2.45) is 11.1 Å². The van der Waals surface area contributed by atoms with Crippen LogP contribution in [0, 0.1) is 5.41 Å². The lowest BCUT2D eigenvalue weighted by Crippen LogP contribution is -2.32. The zero-order valence-corrected chi connectivity index (χ0v) is 7.95. The molecule has 0 aromatic heterocycles. The van der Waals surface area contributed by atoms with Gasteiger partial charge in [0.25, 0.3) is 0 Å². The standard InChI is InChI=1S/C9H10FNO4/c1-9(8(14)15)2-4(7(12)13)6(10)5(11)3-9/h3H,2,11H2,1H3,(H,12,13)(H,14,15). The highest BCUT2D eigenvalue weighted by atomic mass is 19.1. The van der Waals surface area contributed by atoms with Crippen LogP contribution in [0.3, 0.4) is 0 Å². The van der Waals surface area contributed by atoms with E-state index in [2.05, 4.69) is 0 Å². The van der Waals surface area contributed by atoms with Gasteiger partial charge in [0.2, 0.25) is 0 Å². The zero-order valence-electron chi connectivity index (χ0n) is 7.95. The summed E-state index contributed by atoms with van der Waals surface area (Å²) in [6, 6.07) is 0. The van der Waals surface area contributed by atoms with Crippen molar-refractivity contribution in [2.45, 2.75) is 13.3 Å². The minimum atomic E-state index is -1.49. The smallest absolute Gasteiger partial charge is 0.334 e. The Kier molecular flexibility index (Phi) is 2.53. The minimum Gasteiger partial charge on any atom is -0.481 e. The number of rotatable bonds is 2. The predicted molar refractivity (Wildman–Crippen MR) is 48.4 cm³/mol. The van der Waals surface area contributed by atoms with Gasteiger partial charge in [-0.25, -0.2) is 9.18 Å². The summed E-state index contributed by atoms with van der Waals surface area (Å²) in [5, 5.41) is 17.5. The third kappa shape index (κ3) is 1.83. The molecule has 0 heterocycles. The molecule has 1 aliphatic rings. The van der Waals surface area contributed by atoms with E-state index in [1.54, 1.807) is 0 Å². The Bertz CT molecular complexity index is 399. The molecule has 0 bridgehead atoms. The van der Waals surface area contributed by atoms with Gasteiger partial charge in [0.05, 0.1) is 16.7 Å². The van der Waals surface area contributed by atoms with E-state index in [1.165, 1.54) is 6.92 Å². The van der Waals surface area contributed by atoms with E-state index in [0.29, 0.717) is 0 Å². The molecule has 82 valence electrons. The summed E-state index contributed by atoms with van der Waals surface area (Å²) < 4.78 is 13.2. The lowest BCUT2D eigenvalue weighted by atomic mass is 9.79. The van der Waals surface area contributed by atoms with Crippen LogP contribution in [-0.4, -0.2) is 22.2 Å². The van der Waals surface area contributed by atoms with E-state index < -0.39 is 40.9 Å². The molecule has 0 amide bonds. The lowest BCUT2D eigenvalue weighted by molar-refractivity contribution is -0.145. The molecule has 0 aromatic carbocycles. The molecule has 0 fully saturated rings. The topological polar surface area (TPSA) is 101 Å². The first-order valence-electron chi connectivity index (χ1n) is 4.12. The molecule has 4 N–H and O–H groups in total. The summed E-state index contributed by atoms with van der Waals surface area (Å²) in [5.41, 5.74) is 2.72. The fourth-order valence-corrected chi connectivity index (χ4v) is 1.38. The fourth-order valence-electron chi connectivity index (χ4n) is 1.38. The molecule has 0 radical (unpaired) electrons. The van der Waals surface area contributed by atoms with Gasteiger partial charge < -0.3 is 15.9 Å². The maximum Gasteiger partial charge on any atom is 0.334 e. The highest BCUT2D eigenvalue weighted by Gasteiger charge is 2.39. The van der Waals surface area contributed by atoms with Crippen molar-refractivity contribution in [3.05, 3.63) is 23.2 Å². The Morgan fingerprint density at radius 2 is 2.07 bits per heavy atom. The summed E-state index contributed by atoms with van der Waals surface area (Å²) in [4.78, 5) is 21.5. The van der Waals surface area contributed by atoms with Crippen LogP contribution in [-0.2, 0) is 9.59 Å². The number of nitrogens with two attached hydrogens (primary N) is 1. The molecule has 15 heavy (non-hydrogen) atoms. The maximum absolute atomic E-state index is 13.2. The van der Waals surface area contributed by atoms with Crippen LogP contribution in [0.1, 0.15) is 13.3 Å². The van der Waals surface area contributed by atoms with Crippen LogP contribution in [0.4, 0.5) is 4.39 Å². The normalized spacial score (nSPS) is 26.1. The third-order valence-corrected chi connectivity index (χ3v) is 2.28. The average Bonchev–Trinajstić information content (AvgIpc) is 2.10. The number of halogens is 1. The number of hydrogen-bond donors (Lipinski definition) is 3. The Labute approximate surface area is 84.7 Å². The van der Waals surface area contributed by atoms with E-state index >= 15 is 0 Å². The van der Waals surface area contributed by atoms with E-state index in [1.807, 2.05) is 0 Å². The highest BCUT2D eigenvalue weighted by Crippen LogP contribution is 2.36. The fraction of sp³-hybridized carbons (Fsp3) is 0.333. The molecule has 1 rings (SSSR count). The molecular weight excluding hydrogens is 205 g/mol. The Hall–Kier alpha value is -1.85. The Balaban J connectivity index is 3.23. The van der Waals surface area contributed by atoms with Gasteiger partial charge in [0, 0.05) is 6.42 Å². The number of carbonyl (C=O) groups is 2. The second-order valence-corrected chi connectivity index (χ2v) is 3.60. The molecule has 1 unspecified atom stereocenters. The third-order valence-electron chi connectivity index (χ3n) is 2.28. The SMILES string of the molecule is CC1(C(=O)O)C=C(N)C(F)=C(C(=O)O)C1. The first-order valence-corrected chi connectivity index (χ1v) is 4.12. The number of hydrogen-bond acceptors (Lipinski definition) is 3. The molecular formula is C9H10FNO4. The lowest BCUT2D eigenvalue weighted by Gasteiger charge is -2.25. The van der Waals surface area contributed by atoms with E-state index in [0.717, 1.165) is 6.08 Å². The zero-order chi connectivity index (χ0) is 11.8. The van der Waals surface area contributed by atoms with Crippen molar-refractivity contribution in [3.8, 4) is 0 Å². The average molecular weight is 215 g/mol. The summed E-state index contributed by atoms with van der Waals surface area (Å²) in [6.45, 7) is 1.29. The largest absolute Gasteiger partial charge is 0.481 e. The van der Waals surface area contributed by atoms with Crippen molar-refractivity contribution in [2.75, 3.05) is 0 Å². The molecule has 5 nitrogen and oxygen atoms in total. The molecule has 0 saturated carbocycles. The first kappa shape index (κ1) is 11.2. The first-order chi connectivity index (χ1) is 6.78. The van der Waals surface area contributed by atoms with Crippen LogP contribution in [0.2, 0.25) is 0 Å². The summed E-state index contributed by atoms with van der Waals surface area (Å²) in [5.74, 6) is -3.78. The van der Waals surface area contributed by atoms with Crippen molar-refractivity contribution in [1.82, 2.24) is 0 Å². The van der Waals surface area contributed by atoms with Gasteiger partial charge in [-0.2, -0.15) is 0 Å². The van der Waals surface area contributed by atoms with Crippen LogP contribution in [0.15, 0.2) is 23.2 Å². The second kappa shape index (κ2) is 3.38. The second-order valence-electron chi connectivity index (χ2n) is 3.60. The molecule has 0 saturated heterocycles. The van der Waals surface area contributed by atoms with Gasteiger partial charge >= 0.3 is 11.9 Å². The summed E-state index contributed by atoms with van der Waals surface area (Å²) in [7, 11) is 0. The van der Waals surface area contributed by atoms with Crippen LogP contribution < -0.4 is 5.73 Å². The van der Waals surface area contributed by atoms with E-state index in [-0.39, 0.29) is 0 Å². The van der Waals surface area contributed by atoms with Crippen LogP contribution in [0.5, 0.6) is 0 Å². The van der Waals surface area contributed by atoms with Crippen molar-refractivity contribution < 1.29 is 24.2 Å². The molecule has 0 aromatic rings. The van der Waals surface area contributed by atoms with Crippen molar-refractivity contribution in [1.29, 1.82) is 0 Å². The maximum atomic E-state index is 13.2. The number of allylic oxidation sites excluding steroid dienone is 1. The molecule has 0 aliphatic heterocycles. The number of carboxylic acid groups (broad SMARTS) is 2. The monoisotopic (exact) mass is 215 g/mol. The molecule has 1 atom stereocenters.